The number of fused-ring (bicyclic) bond motifs is 1. The Morgan fingerprint density at radius 2 is 1.71 bits per heavy atom. The number of ether oxygens (including phenoxy) is 1. The van der Waals surface area contributed by atoms with Crippen LogP contribution in [-0.2, 0) is 17.8 Å². The topological polar surface area (TPSA) is 70.1 Å². The first kappa shape index (κ1) is 24.6. The summed E-state index contributed by atoms with van der Waals surface area (Å²) in [5.74, 6) is -0.452. The predicted molar refractivity (Wildman–Crippen MR) is 138 cm³/mol. The third-order valence-electron chi connectivity index (χ3n) is 6.73. The number of carboxylic acid groups (broad SMARTS) is 1. The fourth-order valence-corrected chi connectivity index (χ4v) is 4.70. The molecule has 0 radical (unpaired) electrons. The molecule has 0 spiro atoms. The number of hydrogen-bond acceptors (Lipinski definition) is 3. The second-order valence-corrected chi connectivity index (χ2v) is 9.74. The Morgan fingerprint density at radius 1 is 1.03 bits per heavy atom. The maximum atomic E-state index is 13.0. The molecule has 3 aromatic rings. The number of carbonyl (C=O) groups is 2. The molecule has 1 fully saturated rings. The minimum absolute atomic E-state index is 0.119. The van der Waals surface area contributed by atoms with Crippen molar-refractivity contribution in [2.24, 2.45) is 0 Å². The number of amides is 2. The number of urea groups is 1. The standard InChI is InChI=1S/C29H34N2O4/c1-4-31-25(11-7-8-21-13-16-26(17-14-21)35-29(2,3)27(32)33)20-30(28(31)34)19-22-12-15-23-9-5-6-10-24(23)18-22/h5-6,9-10,12-18,25H,4,7-8,11,19-20H2,1-3H3,(H,32,33). The average molecular weight is 475 g/mol. The number of aliphatic carboxylic acids is 1. The van der Waals surface area contributed by atoms with Crippen molar-refractivity contribution in [3.05, 3.63) is 77.9 Å². The van der Waals surface area contributed by atoms with Gasteiger partial charge >= 0.3 is 12.0 Å². The summed E-state index contributed by atoms with van der Waals surface area (Å²) in [5.41, 5.74) is 1.06. The van der Waals surface area contributed by atoms with Gasteiger partial charge in [0.25, 0.3) is 0 Å². The van der Waals surface area contributed by atoms with Crippen LogP contribution in [-0.4, -0.2) is 51.6 Å². The molecular formula is C29H34N2O4. The lowest BCUT2D eigenvalue weighted by Crippen LogP contribution is -2.37. The summed E-state index contributed by atoms with van der Waals surface area (Å²) in [6.45, 7) is 7.20. The smallest absolute Gasteiger partial charge is 0.347 e. The second kappa shape index (κ2) is 10.4. The summed E-state index contributed by atoms with van der Waals surface area (Å²) in [7, 11) is 0. The molecule has 4 rings (SSSR count). The zero-order valence-corrected chi connectivity index (χ0v) is 20.7. The number of carboxylic acids is 1. The first-order chi connectivity index (χ1) is 16.8. The van der Waals surface area contributed by atoms with E-state index >= 15 is 0 Å². The van der Waals surface area contributed by atoms with Gasteiger partial charge in [0, 0.05) is 19.6 Å². The summed E-state index contributed by atoms with van der Waals surface area (Å²) in [5, 5.41) is 11.6. The van der Waals surface area contributed by atoms with Crippen LogP contribution in [0, 0.1) is 0 Å². The van der Waals surface area contributed by atoms with Crippen molar-refractivity contribution in [1.82, 2.24) is 9.80 Å². The Bertz CT molecular complexity index is 1190. The average Bonchev–Trinajstić information content (AvgIpc) is 3.13. The van der Waals surface area contributed by atoms with E-state index < -0.39 is 11.6 Å². The third kappa shape index (κ3) is 5.76. The van der Waals surface area contributed by atoms with E-state index in [1.807, 2.05) is 53.1 Å². The fraction of sp³-hybridized carbons (Fsp3) is 0.379. The highest BCUT2D eigenvalue weighted by Gasteiger charge is 2.35. The molecule has 1 heterocycles. The molecule has 3 aromatic carbocycles. The van der Waals surface area contributed by atoms with E-state index in [-0.39, 0.29) is 12.1 Å². The van der Waals surface area contributed by atoms with E-state index in [9.17, 15) is 14.7 Å². The highest BCUT2D eigenvalue weighted by Crippen LogP contribution is 2.25. The van der Waals surface area contributed by atoms with Crippen molar-refractivity contribution in [3.8, 4) is 5.75 Å². The molecule has 1 saturated heterocycles. The molecule has 0 aliphatic carbocycles. The monoisotopic (exact) mass is 474 g/mol. The predicted octanol–water partition coefficient (Wildman–Crippen LogP) is 5.73. The van der Waals surface area contributed by atoms with Crippen LogP contribution in [0.25, 0.3) is 10.8 Å². The van der Waals surface area contributed by atoms with Gasteiger partial charge in [-0.1, -0.05) is 48.5 Å². The van der Waals surface area contributed by atoms with Crippen molar-refractivity contribution in [2.75, 3.05) is 13.1 Å². The van der Waals surface area contributed by atoms with Crippen LogP contribution >= 0.6 is 0 Å². The lowest BCUT2D eigenvalue weighted by molar-refractivity contribution is -0.152. The normalized spacial score (nSPS) is 16.2. The van der Waals surface area contributed by atoms with Gasteiger partial charge in [0.1, 0.15) is 5.75 Å². The molecule has 0 aromatic heterocycles. The Labute approximate surface area is 207 Å². The van der Waals surface area contributed by atoms with Crippen molar-refractivity contribution < 1.29 is 19.4 Å². The molecule has 6 nitrogen and oxygen atoms in total. The van der Waals surface area contributed by atoms with E-state index in [2.05, 4.69) is 30.3 Å². The van der Waals surface area contributed by atoms with Crippen molar-refractivity contribution in [2.45, 2.75) is 58.2 Å². The molecule has 1 N–H and O–H groups in total. The number of hydrogen-bond donors (Lipinski definition) is 1. The van der Waals surface area contributed by atoms with Gasteiger partial charge in [-0.25, -0.2) is 9.59 Å². The summed E-state index contributed by atoms with van der Waals surface area (Å²) in [6, 6.07) is 22.7. The molecule has 0 saturated carbocycles. The molecule has 6 heteroatoms. The molecule has 184 valence electrons. The van der Waals surface area contributed by atoms with Gasteiger partial charge in [-0.2, -0.15) is 0 Å². The zero-order valence-electron chi connectivity index (χ0n) is 20.7. The van der Waals surface area contributed by atoms with Crippen LogP contribution in [0.1, 0.15) is 44.7 Å². The Morgan fingerprint density at radius 3 is 2.40 bits per heavy atom. The maximum absolute atomic E-state index is 13.0. The Balaban J connectivity index is 1.32. The molecule has 2 amide bonds. The van der Waals surface area contributed by atoms with E-state index in [1.54, 1.807) is 0 Å². The molecular weight excluding hydrogens is 440 g/mol. The molecule has 1 aliphatic rings. The molecule has 1 atom stereocenters. The summed E-state index contributed by atoms with van der Waals surface area (Å²) >= 11 is 0. The SMILES string of the molecule is CCN1C(=O)N(Cc2ccc3ccccc3c2)CC1CCCc1ccc(OC(C)(C)C(=O)O)cc1. The van der Waals surface area contributed by atoms with Crippen molar-refractivity contribution in [1.29, 1.82) is 0 Å². The lowest BCUT2D eigenvalue weighted by atomic mass is 10.0. The number of nitrogens with zero attached hydrogens (tertiary/aromatic N) is 2. The van der Waals surface area contributed by atoms with Crippen LogP contribution in [0.4, 0.5) is 4.79 Å². The summed E-state index contributed by atoms with van der Waals surface area (Å²) in [4.78, 5) is 28.3. The summed E-state index contributed by atoms with van der Waals surface area (Å²) in [6.07, 6.45) is 2.81. The Hall–Kier alpha value is -3.54. The number of aryl methyl sites for hydroxylation is 1. The van der Waals surface area contributed by atoms with E-state index in [0.29, 0.717) is 18.8 Å². The van der Waals surface area contributed by atoms with Gasteiger partial charge in [-0.05, 0) is 80.1 Å². The largest absolute Gasteiger partial charge is 0.478 e. The lowest BCUT2D eigenvalue weighted by Gasteiger charge is -2.22. The summed E-state index contributed by atoms with van der Waals surface area (Å²) < 4.78 is 5.58. The Kier molecular flexibility index (Phi) is 7.29. The number of likely N-dealkylation sites (N-methyl/N-ethyl adjacent to an activating group) is 1. The van der Waals surface area contributed by atoms with Crippen molar-refractivity contribution in [3.63, 3.8) is 0 Å². The van der Waals surface area contributed by atoms with Gasteiger partial charge in [0.05, 0.1) is 6.04 Å². The highest BCUT2D eigenvalue weighted by atomic mass is 16.5. The maximum Gasteiger partial charge on any atom is 0.347 e. The highest BCUT2D eigenvalue weighted by molar-refractivity contribution is 5.83. The van der Waals surface area contributed by atoms with Crippen LogP contribution < -0.4 is 4.74 Å². The number of rotatable bonds is 10. The van der Waals surface area contributed by atoms with E-state index in [4.69, 9.17) is 4.74 Å². The van der Waals surface area contributed by atoms with Gasteiger partial charge in [0.15, 0.2) is 5.60 Å². The van der Waals surface area contributed by atoms with E-state index in [0.717, 1.165) is 31.4 Å². The van der Waals surface area contributed by atoms with Gasteiger partial charge < -0.3 is 19.6 Å². The minimum Gasteiger partial charge on any atom is -0.478 e. The molecule has 1 unspecified atom stereocenters. The van der Waals surface area contributed by atoms with Crippen LogP contribution in [0.3, 0.4) is 0 Å². The van der Waals surface area contributed by atoms with Gasteiger partial charge in [-0.3, -0.25) is 0 Å². The molecule has 35 heavy (non-hydrogen) atoms. The minimum atomic E-state index is -1.27. The third-order valence-corrected chi connectivity index (χ3v) is 6.73. The quantitative estimate of drug-likeness (QED) is 0.407. The first-order valence-electron chi connectivity index (χ1n) is 12.3. The number of carbonyl (C=O) groups excluding carboxylic acids is 1. The van der Waals surface area contributed by atoms with Gasteiger partial charge in [-0.15, -0.1) is 0 Å². The number of benzene rings is 3. The molecule has 0 bridgehead atoms. The van der Waals surface area contributed by atoms with Crippen LogP contribution in [0.15, 0.2) is 66.7 Å². The van der Waals surface area contributed by atoms with Crippen LogP contribution in [0.5, 0.6) is 5.75 Å². The van der Waals surface area contributed by atoms with E-state index in [1.165, 1.54) is 30.2 Å². The second-order valence-electron chi connectivity index (χ2n) is 9.74. The van der Waals surface area contributed by atoms with Crippen LogP contribution in [0.2, 0.25) is 0 Å². The molecule has 1 aliphatic heterocycles. The van der Waals surface area contributed by atoms with Gasteiger partial charge in [0.2, 0.25) is 0 Å². The first-order valence-corrected chi connectivity index (χ1v) is 12.3. The fourth-order valence-electron chi connectivity index (χ4n) is 4.70. The zero-order chi connectivity index (χ0) is 25.0. The van der Waals surface area contributed by atoms with Crippen molar-refractivity contribution >= 4 is 22.8 Å².